The molecule has 15 nitrogen and oxygen atoms in total. The summed E-state index contributed by atoms with van der Waals surface area (Å²) in [4.78, 5) is 87.6. The van der Waals surface area contributed by atoms with Gasteiger partial charge in [-0.1, -0.05) is 6.07 Å². The summed E-state index contributed by atoms with van der Waals surface area (Å²) in [5.41, 5.74) is 1.28. The van der Waals surface area contributed by atoms with Gasteiger partial charge in [-0.2, -0.15) is 0 Å². The summed E-state index contributed by atoms with van der Waals surface area (Å²) in [6, 6.07) is 5.40. The second-order valence-electron chi connectivity index (χ2n) is 13.3. The van der Waals surface area contributed by atoms with Gasteiger partial charge in [0.1, 0.15) is 23.5 Å². The van der Waals surface area contributed by atoms with Gasteiger partial charge in [-0.3, -0.25) is 24.0 Å². The van der Waals surface area contributed by atoms with Crippen molar-refractivity contribution in [2.24, 2.45) is 0 Å². The molecule has 1 saturated carbocycles. The topological polar surface area (TPSA) is 177 Å². The van der Waals surface area contributed by atoms with Crippen LogP contribution in [0.25, 0.3) is 10.9 Å². The van der Waals surface area contributed by atoms with E-state index in [1.54, 1.807) is 30.9 Å². The molecule has 51 heavy (non-hydrogen) atoms. The first kappa shape index (κ1) is 37.3. The largest absolute Gasteiger partial charge is 0.480 e. The molecule has 1 aromatic carbocycles. The van der Waals surface area contributed by atoms with Gasteiger partial charge in [0.25, 0.3) is 11.8 Å². The molecule has 1 aliphatic carbocycles. The lowest BCUT2D eigenvalue weighted by molar-refractivity contribution is -0.143. The summed E-state index contributed by atoms with van der Waals surface area (Å²) >= 11 is 0. The van der Waals surface area contributed by atoms with Crippen molar-refractivity contribution < 1.29 is 43.0 Å². The molecule has 276 valence electrons. The quantitative estimate of drug-likeness (QED) is 0.311. The van der Waals surface area contributed by atoms with Crippen LogP contribution in [0.3, 0.4) is 0 Å². The molecule has 3 atom stereocenters. The number of pyridine rings is 1. The number of aromatic nitrogens is 1. The van der Waals surface area contributed by atoms with Crippen LogP contribution in [0, 0.1) is 6.92 Å². The minimum atomic E-state index is -1.09. The highest BCUT2D eigenvalue weighted by Crippen LogP contribution is 2.29. The molecule has 0 spiro atoms. The van der Waals surface area contributed by atoms with Gasteiger partial charge in [-0.05, 0) is 77.0 Å². The zero-order valence-electron chi connectivity index (χ0n) is 29.8. The summed E-state index contributed by atoms with van der Waals surface area (Å²) in [6.07, 6.45) is 2.69. The first-order chi connectivity index (χ1) is 24.5. The lowest BCUT2D eigenvalue weighted by Crippen LogP contribution is -2.56. The van der Waals surface area contributed by atoms with Crippen molar-refractivity contribution in [1.82, 2.24) is 30.3 Å². The Labute approximate surface area is 297 Å². The number of amides is 5. The van der Waals surface area contributed by atoms with Gasteiger partial charge in [-0.25, -0.2) is 9.78 Å². The average Bonchev–Trinajstić information content (AvgIpc) is 3.60. The third-order valence-electron chi connectivity index (χ3n) is 9.69. The van der Waals surface area contributed by atoms with E-state index in [9.17, 15) is 28.8 Å². The zero-order valence-corrected chi connectivity index (χ0v) is 29.8. The van der Waals surface area contributed by atoms with Gasteiger partial charge in [0, 0.05) is 56.6 Å². The lowest BCUT2D eigenvalue weighted by atomic mass is 9.93. The van der Waals surface area contributed by atoms with Crippen LogP contribution in [0.15, 0.2) is 24.3 Å². The summed E-state index contributed by atoms with van der Waals surface area (Å²) in [5.74, 6) is -1.86. The molecule has 0 bridgehead atoms. The van der Waals surface area contributed by atoms with E-state index >= 15 is 0 Å². The molecule has 5 amide bonds. The Morgan fingerprint density at radius 2 is 1.67 bits per heavy atom. The Morgan fingerprint density at radius 1 is 0.941 bits per heavy atom. The second kappa shape index (κ2) is 16.8. The van der Waals surface area contributed by atoms with Gasteiger partial charge in [-0.15, -0.1) is 0 Å². The fraction of sp³-hybridized carbons (Fsp3) is 0.583. The molecular weight excluding hydrogens is 660 g/mol. The monoisotopic (exact) mass is 708 g/mol. The zero-order chi connectivity index (χ0) is 36.7. The van der Waals surface area contributed by atoms with Crippen LogP contribution in [-0.2, 0) is 28.7 Å². The first-order valence-corrected chi connectivity index (χ1v) is 17.8. The number of fused-ring (bicyclic) bond motifs is 1. The number of piperazine rings is 1. The van der Waals surface area contributed by atoms with Crippen LogP contribution < -0.4 is 15.4 Å². The molecular formula is C36H48N6O9. The van der Waals surface area contributed by atoms with E-state index in [1.807, 2.05) is 13.0 Å². The predicted molar refractivity (Wildman–Crippen MR) is 185 cm³/mol. The number of nitrogens with zero attached hydrogens (tertiary/aromatic N) is 4. The minimum Gasteiger partial charge on any atom is -0.480 e. The summed E-state index contributed by atoms with van der Waals surface area (Å²) in [5, 5.41) is 6.39. The number of likely N-dealkylation sites (tertiary alicyclic amines) is 1. The summed E-state index contributed by atoms with van der Waals surface area (Å²) in [7, 11) is 1.24. The highest BCUT2D eigenvalue weighted by Gasteiger charge is 2.38. The van der Waals surface area contributed by atoms with E-state index in [0.29, 0.717) is 30.3 Å². The molecule has 3 fully saturated rings. The molecule has 3 aliphatic rings. The molecule has 0 radical (unpaired) electrons. The third kappa shape index (κ3) is 9.05. The molecule has 5 rings (SSSR count). The fourth-order valence-electron chi connectivity index (χ4n) is 6.55. The van der Waals surface area contributed by atoms with E-state index in [-0.39, 0.29) is 74.9 Å². The molecule has 0 unspecified atom stereocenters. The number of methoxy groups -OCH3 is 1. The van der Waals surface area contributed by atoms with E-state index in [2.05, 4.69) is 15.6 Å². The van der Waals surface area contributed by atoms with Crippen LogP contribution in [0.4, 0.5) is 4.79 Å². The van der Waals surface area contributed by atoms with Gasteiger partial charge in [0.15, 0.2) is 6.10 Å². The van der Waals surface area contributed by atoms with E-state index in [1.165, 1.54) is 23.0 Å². The van der Waals surface area contributed by atoms with Gasteiger partial charge >= 0.3 is 12.1 Å². The number of rotatable bonds is 12. The average molecular weight is 709 g/mol. The Hall–Kier alpha value is -4.95. The maximum absolute atomic E-state index is 13.8. The Kier molecular flexibility index (Phi) is 12.3. The lowest BCUT2D eigenvalue weighted by Gasteiger charge is -2.36. The van der Waals surface area contributed by atoms with Crippen LogP contribution in [0.1, 0.15) is 74.8 Å². The predicted octanol–water partition coefficient (Wildman–Crippen LogP) is 2.32. The van der Waals surface area contributed by atoms with E-state index < -0.39 is 42.1 Å². The maximum atomic E-state index is 13.8. The van der Waals surface area contributed by atoms with Gasteiger partial charge < -0.3 is 39.5 Å². The Morgan fingerprint density at radius 3 is 2.33 bits per heavy atom. The second-order valence-corrected chi connectivity index (χ2v) is 13.3. The van der Waals surface area contributed by atoms with Crippen LogP contribution in [-0.4, -0.2) is 126 Å². The molecule has 2 saturated heterocycles. The Bertz CT molecular complexity index is 1640. The van der Waals surface area contributed by atoms with Crippen LogP contribution in [0.5, 0.6) is 5.75 Å². The summed E-state index contributed by atoms with van der Waals surface area (Å²) in [6.45, 7) is 6.86. The number of carbonyl (C=O) groups excluding carboxylic acids is 6. The van der Waals surface area contributed by atoms with E-state index in [0.717, 1.165) is 24.8 Å². The normalized spacial score (nSPS) is 18.7. The number of ether oxygens (including phenoxy) is 3. The molecule has 15 heteroatoms. The van der Waals surface area contributed by atoms with Crippen LogP contribution >= 0.6 is 0 Å². The van der Waals surface area contributed by atoms with Gasteiger partial charge in [0.05, 0.1) is 19.2 Å². The molecule has 2 N–H and O–H groups in total. The van der Waals surface area contributed by atoms with Gasteiger partial charge in [0.2, 0.25) is 11.8 Å². The van der Waals surface area contributed by atoms with Crippen LogP contribution in [0.2, 0.25) is 0 Å². The van der Waals surface area contributed by atoms with Crippen molar-refractivity contribution in [3.63, 3.8) is 0 Å². The van der Waals surface area contributed by atoms with Crippen molar-refractivity contribution in [2.45, 2.75) is 89.9 Å². The number of nitrogens with one attached hydrogen (secondary N) is 2. The molecule has 2 aromatic rings. The maximum Gasteiger partial charge on any atom is 0.409 e. The standard InChI is InChI=1S/C36H48N6O9/c1-5-50-36(48)41-18-16-40(17-19-41)35(47)26(13-14-31(43)49-4)39-32(44)28-21-30(25-12-11-22(2)20-27(25)38-28)51-23(3)34(46)42-15-7-10-29(42)33(45)37-24-8-6-9-24/h11-12,20-21,23-24,26,29H,5-10,13-19H2,1-4H3,(H,37,45)(H,39,44)/t23-,26+,29+/m1/s1. The van der Waals surface area contributed by atoms with E-state index in [4.69, 9.17) is 14.2 Å². The number of benzene rings is 1. The molecule has 1 aromatic heterocycles. The van der Waals surface area contributed by atoms with Crippen molar-refractivity contribution >= 4 is 46.6 Å². The minimum absolute atomic E-state index is 0.0256. The van der Waals surface area contributed by atoms with Crippen molar-refractivity contribution in [3.05, 3.63) is 35.5 Å². The molecule has 3 heterocycles. The third-order valence-corrected chi connectivity index (χ3v) is 9.69. The number of aryl methyl sites for hydroxylation is 1. The highest BCUT2D eigenvalue weighted by atomic mass is 16.6. The van der Waals surface area contributed by atoms with Crippen molar-refractivity contribution in [3.8, 4) is 5.75 Å². The fourth-order valence-corrected chi connectivity index (χ4v) is 6.55. The first-order valence-electron chi connectivity index (χ1n) is 17.8. The van der Waals surface area contributed by atoms with Crippen molar-refractivity contribution in [1.29, 1.82) is 0 Å². The Balaban J connectivity index is 1.33. The number of carbonyl (C=O) groups is 6. The molecule has 2 aliphatic heterocycles. The highest BCUT2D eigenvalue weighted by molar-refractivity contribution is 6.00. The summed E-state index contributed by atoms with van der Waals surface area (Å²) < 4.78 is 16.1. The number of hydrogen-bond acceptors (Lipinski definition) is 10. The number of esters is 1. The smallest absolute Gasteiger partial charge is 0.409 e. The SMILES string of the molecule is CCOC(=O)N1CCN(C(=O)[C@H](CCC(=O)OC)NC(=O)c2cc(O[C@H](C)C(=O)N3CCC[C@H]3C(=O)NC3CCC3)c3ccc(C)cc3n2)CC1. The van der Waals surface area contributed by atoms with Crippen molar-refractivity contribution in [2.75, 3.05) is 46.4 Å². The number of hydrogen-bond donors (Lipinski definition) is 2.